The molecule has 2 rings (SSSR count). The number of hydrogen-bond acceptors (Lipinski definition) is 3. The molecule has 1 aliphatic rings. The molecule has 0 unspecified atom stereocenters. The molecule has 1 aliphatic heterocycles. The van der Waals surface area contributed by atoms with Crippen molar-refractivity contribution in [3.63, 3.8) is 0 Å². The van der Waals surface area contributed by atoms with E-state index in [0.717, 1.165) is 13.0 Å². The van der Waals surface area contributed by atoms with Crippen molar-refractivity contribution in [2.75, 3.05) is 26.2 Å². The first kappa shape index (κ1) is 14.2. The molecule has 1 fully saturated rings. The lowest BCUT2D eigenvalue weighted by Gasteiger charge is -2.15. The Balaban J connectivity index is 1.83. The Morgan fingerprint density at radius 2 is 2.11 bits per heavy atom. The third-order valence-electron chi connectivity index (χ3n) is 3.25. The number of aromatic carboxylic acids is 1. The van der Waals surface area contributed by atoms with Crippen molar-refractivity contribution in [1.82, 2.24) is 4.90 Å². The van der Waals surface area contributed by atoms with Gasteiger partial charge in [-0.3, -0.25) is 0 Å². The molecule has 0 aromatic heterocycles. The van der Waals surface area contributed by atoms with Gasteiger partial charge in [0.15, 0.2) is 0 Å². The van der Waals surface area contributed by atoms with Gasteiger partial charge in [-0.2, -0.15) is 0 Å². The maximum absolute atomic E-state index is 11.1. The summed E-state index contributed by atoms with van der Waals surface area (Å²) >= 11 is 5.78. The van der Waals surface area contributed by atoms with Gasteiger partial charge in [0.25, 0.3) is 0 Å². The van der Waals surface area contributed by atoms with Crippen molar-refractivity contribution in [2.45, 2.75) is 19.3 Å². The molecule has 1 aromatic carbocycles. The minimum atomic E-state index is -1.02. The van der Waals surface area contributed by atoms with Crippen LogP contribution >= 0.6 is 11.6 Å². The van der Waals surface area contributed by atoms with Crippen molar-refractivity contribution < 1.29 is 14.6 Å². The third kappa shape index (κ3) is 4.11. The molecule has 1 heterocycles. The Kier molecular flexibility index (Phi) is 5.05. The van der Waals surface area contributed by atoms with E-state index in [0.29, 0.717) is 17.4 Å². The average molecular weight is 284 g/mol. The molecule has 19 heavy (non-hydrogen) atoms. The van der Waals surface area contributed by atoms with Crippen LogP contribution in [0.5, 0.6) is 5.75 Å². The maximum atomic E-state index is 11.1. The number of carbonyl (C=O) groups is 1. The number of nitrogens with zero attached hydrogens (tertiary/aromatic N) is 1. The number of ether oxygens (including phenoxy) is 1. The van der Waals surface area contributed by atoms with Gasteiger partial charge in [0.1, 0.15) is 11.3 Å². The topological polar surface area (TPSA) is 49.8 Å². The van der Waals surface area contributed by atoms with Gasteiger partial charge in [-0.15, -0.1) is 0 Å². The Morgan fingerprint density at radius 3 is 2.79 bits per heavy atom. The van der Waals surface area contributed by atoms with Crippen LogP contribution in [0.15, 0.2) is 18.2 Å². The van der Waals surface area contributed by atoms with E-state index in [9.17, 15) is 4.79 Å². The van der Waals surface area contributed by atoms with Gasteiger partial charge in [0, 0.05) is 11.6 Å². The monoisotopic (exact) mass is 283 g/mol. The number of benzene rings is 1. The molecule has 1 aromatic rings. The lowest BCUT2D eigenvalue weighted by molar-refractivity contribution is 0.0692. The number of carboxylic acids is 1. The van der Waals surface area contributed by atoms with Gasteiger partial charge in [-0.25, -0.2) is 4.79 Å². The predicted molar refractivity (Wildman–Crippen MR) is 74.2 cm³/mol. The van der Waals surface area contributed by atoms with Gasteiger partial charge in [-0.1, -0.05) is 11.6 Å². The SMILES string of the molecule is O=C(O)c1cc(Cl)ccc1OCCCN1CCCC1. The molecule has 5 heteroatoms. The summed E-state index contributed by atoms with van der Waals surface area (Å²) in [6, 6.07) is 4.67. The highest BCUT2D eigenvalue weighted by Gasteiger charge is 2.13. The fourth-order valence-corrected chi connectivity index (χ4v) is 2.44. The number of hydrogen-bond donors (Lipinski definition) is 1. The number of halogens is 1. The van der Waals surface area contributed by atoms with Crippen molar-refractivity contribution in [2.24, 2.45) is 0 Å². The van der Waals surface area contributed by atoms with Crippen LogP contribution in [0.4, 0.5) is 0 Å². The zero-order chi connectivity index (χ0) is 13.7. The van der Waals surface area contributed by atoms with E-state index in [2.05, 4.69) is 4.90 Å². The molecular weight excluding hydrogens is 266 g/mol. The van der Waals surface area contributed by atoms with E-state index in [4.69, 9.17) is 21.4 Å². The van der Waals surface area contributed by atoms with Crippen molar-refractivity contribution in [3.05, 3.63) is 28.8 Å². The molecule has 104 valence electrons. The molecule has 0 saturated carbocycles. The third-order valence-corrected chi connectivity index (χ3v) is 3.48. The van der Waals surface area contributed by atoms with Crippen LogP contribution < -0.4 is 4.74 Å². The Bertz CT molecular complexity index is 444. The molecule has 0 amide bonds. The van der Waals surface area contributed by atoms with Crippen LogP contribution in [0.3, 0.4) is 0 Å². The number of likely N-dealkylation sites (tertiary alicyclic amines) is 1. The number of carboxylic acid groups (broad SMARTS) is 1. The first-order chi connectivity index (χ1) is 9.16. The van der Waals surface area contributed by atoms with E-state index in [1.54, 1.807) is 12.1 Å². The summed E-state index contributed by atoms with van der Waals surface area (Å²) in [6.07, 6.45) is 3.46. The zero-order valence-electron chi connectivity index (χ0n) is 10.8. The van der Waals surface area contributed by atoms with Crippen LogP contribution in [0, 0.1) is 0 Å². The van der Waals surface area contributed by atoms with Gasteiger partial charge in [0.2, 0.25) is 0 Å². The summed E-state index contributed by atoms with van der Waals surface area (Å²) in [6.45, 7) is 3.87. The molecule has 0 aliphatic carbocycles. The fourth-order valence-electron chi connectivity index (χ4n) is 2.27. The summed E-state index contributed by atoms with van der Waals surface area (Å²) in [7, 11) is 0. The average Bonchev–Trinajstić information content (AvgIpc) is 2.89. The highest BCUT2D eigenvalue weighted by molar-refractivity contribution is 6.31. The van der Waals surface area contributed by atoms with E-state index < -0.39 is 5.97 Å². The highest BCUT2D eigenvalue weighted by Crippen LogP contribution is 2.23. The Hall–Kier alpha value is -1.26. The molecular formula is C14H18ClNO3. The molecule has 1 saturated heterocycles. The van der Waals surface area contributed by atoms with Crippen LogP contribution in [-0.2, 0) is 0 Å². The number of rotatable bonds is 6. The van der Waals surface area contributed by atoms with Crippen LogP contribution in [0.1, 0.15) is 29.6 Å². The van der Waals surface area contributed by atoms with Gasteiger partial charge >= 0.3 is 5.97 Å². The zero-order valence-corrected chi connectivity index (χ0v) is 11.5. The van der Waals surface area contributed by atoms with Crippen molar-refractivity contribution in [3.8, 4) is 5.75 Å². The summed E-state index contributed by atoms with van der Waals surface area (Å²) in [5.41, 5.74) is 0.119. The van der Waals surface area contributed by atoms with Crippen LogP contribution in [0.2, 0.25) is 5.02 Å². The second-order valence-electron chi connectivity index (χ2n) is 4.70. The molecule has 4 nitrogen and oxygen atoms in total. The van der Waals surface area contributed by atoms with Crippen LogP contribution in [-0.4, -0.2) is 42.2 Å². The van der Waals surface area contributed by atoms with E-state index in [-0.39, 0.29) is 5.56 Å². The maximum Gasteiger partial charge on any atom is 0.339 e. The first-order valence-corrected chi connectivity index (χ1v) is 6.92. The normalized spacial score (nSPS) is 15.6. The summed E-state index contributed by atoms with van der Waals surface area (Å²) < 4.78 is 5.55. The second kappa shape index (κ2) is 6.78. The lowest BCUT2D eigenvalue weighted by Crippen LogP contribution is -2.22. The quantitative estimate of drug-likeness (QED) is 0.816. The standard InChI is InChI=1S/C14H18ClNO3/c15-11-4-5-13(12(10-11)14(17)18)19-9-3-8-16-6-1-2-7-16/h4-5,10H,1-3,6-9H2,(H,17,18). The second-order valence-corrected chi connectivity index (χ2v) is 5.13. The molecule has 0 radical (unpaired) electrons. The Morgan fingerprint density at radius 1 is 1.37 bits per heavy atom. The molecule has 0 spiro atoms. The van der Waals surface area contributed by atoms with Crippen LogP contribution in [0.25, 0.3) is 0 Å². The molecule has 0 atom stereocenters. The minimum Gasteiger partial charge on any atom is -0.493 e. The van der Waals surface area contributed by atoms with Gasteiger partial charge in [0.05, 0.1) is 6.61 Å². The summed E-state index contributed by atoms with van der Waals surface area (Å²) in [4.78, 5) is 13.5. The van der Waals surface area contributed by atoms with E-state index in [1.807, 2.05) is 0 Å². The minimum absolute atomic E-state index is 0.119. The predicted octanol–water partition coefficient (Wildman–Crippen LogP) is 2.90. The largest absolute Gasteiger partial charge is 0.493 e. The lowest BCUT2D eigenvalue weighted by atomic mass is 10.2. The molecule has 0 bridgehead atoms. The van der Waals surface area contributed by atoms with Crippen molar-refractivity contribution >= 4 is 17.6 Å². The van der Waals surface area contributed by atoms with E-state index >= 15 is 0 Å². The van der Waals surface area contributed by atoms with Gasteiger partial charge in [-0.05, 0) is 50.6 Å². The first-order valence-electron chi connectivity index (χ1n) is 6.55. The van der Waals surface area contributed by atoms with Crippen molar-refractivity contribution in [1.29, 1.82) is 0 Å². The summed E-state index contributed by atoms with van der Waals surface area (Å²) in [5, 5.41) is 9.48. The Labute approximate surface area is 117 Å². The van der Waals surface area contributed by atoms with Gasteiger partial charge < -0.3 is 14.7 Å². The highest BCUT2D eigenvalue weighted by atomic mass is 35.5. The smallest absolute Gasteiger partial charge is 0.339 e. The summed E-state index contributed by atoms with van der Waals surface area (Å²) in [5.74, 6) is -0.629. The molecule has 1 N–H and O–H groups in total. The fraction of sp³-hybridized carbons (Fsp3) is 0.500. The van der Waals surface area contributed by atoms with E-state index in [1.165, 1.54) is 32.0 Å².